The van der Waals surface area contributed by atoms with Crippen molar-refractivity contribution in [2.24, 2.45) is 0 Å². The predicted molar refractivity (Wildman–Crippen MR) is 71.9 cm³/mol. The van der Waals surface area contributed by atoms with Crippen LogP contribution in [0.4, 0.5) is 11.4 Å². The first-order chi connectivity index (χ1) is 8.74. The quantitative estimate of drug-likeness (QED) is 0.774. The maximum atomic E-state index is 10.6. The number of carboxylic acid groups (broad SMARTS) is 1. The molecule has 4 nitrogen and oxygen atoms in total. The minimum Gasteiger partial charge on any atom is -0.481 e. The van der Waals surface area contributed by atoms with Gasteiger partial charge in [-0.25, -0.2) is 0 Å². The molecule has 0 amide bonds. The molecule has 1 aliphatic heterocycles. The highest BCUT2D eigenvalue weighted by Crippen LogP contribution is 2.35. The first-order valence-corrected chi connectivity index (χ1v) is 6.00. The van der Waals surface area contributed by atoms with Crippen LogP contribution in [0.2, 0.25) is 0 Å². The second-order valence-corrected chi connectivity index (χ2v) is 4.48. The fourth-order valence-electron chi connectivity index (χ4n) is 2.41. The molecule has 3 rings (SSSR count). The normalized spacial score (nSPS) is 14.0. The number of hydrogen-bond donors (Lipinski definition) is 3. The highest BCUT2D eigenvalue weighted by molar-refractivity contribution is 6.04. The smallest absolute Gasteiger partial charge is 0.303 e. The van der Waals surface area contributed by atoms with Crippen LogP contribution < -0.4 is 10.6 Å². The number of nitrogens with one attached hydrogen (secondary N) is 2. The van der Waals surface area contributed by atoms with Gasteiger partial charge in [-0.15, -0.1) is 0 Å². The molecule has 1 heterocycles. The first kappa shape index (κ1) is 10.9. The predicted octanol–water partition coefficient (Wildman–Crippen LogP) is 2.87. The van der Waals surface area contributed by atoms with Crippen LogP contribution in [-0.4, -0.2) is 17.2 Å². The van der Waals surface area contributed by atoms with E-state index >= 15 is 0 Å². The molecule has 0 spiro atoms. The molecule has 0 fully saturated rings. The van der Waals surface area contributed by atoms with E-state index in [1.54, 1.807) is 0 Å². The van der Waals surface area contributed by atoms with Gasteiger partial charge in [0.05, 0.1) is 6.17 Å². The standard InChI is InChI=1S/C14H14N2O2/c17-13(18)8-7-12-15-10-5-1-3-9-4-2-6-11(16-12)14(9)10/h1-6,12,15-16H,7-8H2,(H,17,18). The summed E-state index contributed by atoms with van der Waals surface area (Å²) < 4.78 is 0. The summed E-state index contributed by atoms with van der Waals surface area (Å²) in [4.78, 5) is 10.6. The van der Waals surface area contributed by atoms with Gasteiger partial charge >= 0.3 is 5.97 Å². The molecule has 0 radical (unpaired) electrons. The molecular weight excluding hydrogens is 228 g/mol. The maximum Gasteiger partial charge on any atom is 0.303 e. The van der Waals surface area contributed by atoms with E-state index in [2.05, 4.69) is 22.8 Å². The number of anilines is 2. The maximum absolute atomic E-state index is 10.6. The molecule has 0 saturated heterocycles. The van der Waals surface area contributed by atoms with E-state index in [4.69, 9.17) is 5.11 Å². The highest BCUT2D eigenvalue weighted by atomic mass is 16.4. The third kappa shape index (κ3) is 1.86. The summed E-state index contributed by atoms with van der Waals surface area (Å²) in [6, 6.07) is 12.2. The van der Waals surface area contributed by atoms with Crippen molar-refractivity contribution in [1.82, 2.24) is 0 Å². The summed E-state index contributed by atoms with van der Waals surface area (Å²) in [5, 5.41) is 17.8. The summed E-state index contributed by atoms with van der Waals surface area (Å²) in [6.45, 7) is 0. The third-order valence-corrected chi connectivity index (χ3v) is 3.21. The monoisotopic (exact) mass is 242 g/mol. The molecule has 2 aromatic carbocycles. The lowest BCUT2D eigenvalue weighted by molar-refractivity contribution is -0.137. The molecule has 0 aromatic heterocycles. The molecular formula is C14H14N2O2. The third-order valence-electron chi connectivity index (χ3n) is 3.21. The Morgan fingerprint density at radius 1 is 1.11 bits per heavy atom. The van der Waals surface area contributed by atoms with Crippen LogP contribution in [-0.2, 0) is 4.79 Å². The lowest BCUT2D eigenvalue weighted by Gasteiger charge is -2.29. The Labute approximate surface area is 105 Å². The second-order valence-electron chi connectivity index (χ2n) is 4.48. The zero-order chi connectivity index (χ0) is 12.5. The average molecular weight is 242 g/mol. The van der Waals surface area contributed by atoms with E-state index in [1.807, 2.05) is 24.3 Å². The van der Waals surface area contributed by atoms with Crippen LogP contribution in [0.25, 0.3) is 10.8 Å². The molecule has 0 bridgehead atoms. The van der Waals surface area contributed by atoms with Crippen molar-refractivity contribution in [1.29, 1.82) is 0 Å². The molecule has 3 N–H and O–H groups in total. The molecule has 2 aromatic rings. The number of carboxylic acids is 1. The Bertz CT molecular complexity index is 569. The lowest BCUT2D eigenvalue weighted by Crippen LogP contribution is -2.32. The van der Waals surface area contributed by atoms with Gasteiger partial charge in [0.2, 0.25) is 0 Å². The molecule has 0 saturated carbocycles. The van der Waals surface area contributed by atoms with Crippen LogP contribution in [0, 0.1) is 0 Å². The fourth-order valence-corrected chi connectivity index (χ4v) is 2.41. The van der Waals surface area contributed by atoms with Gasteiger partial charge in [0.15, 0.2) is 0 Å². The Morgan fingerprint density at radius 3 is 2.28 bits per heavy atom. The van der Waals surface area contributed by atoms with Gasteiger partial charge in [0.25, 0.3) is 0 Å². The summed E-state index contributed by atoms with van der Waals surface area (Å²) in [5.74, 6) is -0.768. The molecule has 18 heavy (non-hydrogen) atoms. The topological polar surface area (TPSA) is 61.4 Å². The summed E-state index contributed by atoms with van der Waals surface area (Å²) in [6.07, 6.45) is 0.685. The largest absolute Gasteiger partial charge is 0.481 e. The number of hydrogen-bond acceptors (Lipinski definition) is 3. The van der Waals surface area contributed by atoms with Gasteiger partial charge in [-0.3, -0.25) is 4.79 Å². The first-order valence-electron chi connectivity index (χ1n) is 6.00. The van der Waals surface area contributed by atoms with E-state index in [-0.39, 0.29) is 12.6 Å². The van der Waals surface area contributed by atoms with Crippen LogP contribution in [0.1, 0.15) is 12.8 Å². The van der Waals surface area contributed by atoms with Gasteiger partial charge in [-0.2, -0.15) is 0 Å². The number of rotatable bonds is 3. The van der Waals surface area contributed by atoms with E-state index in [9.17, 15) is 4.79 Å². The van der Waals surface area contributed by atoms with Crippen LogP contribution in [0.15, 0.2) is 36.4 Å². The minimum absolute atomic E-state index is 0.0263. The Kier molecular flexibility index (Phi) is 2.55. The zero-order valence-electron chi connectivity index (χ0n) is 9.81. The van der Waals surface area contributed by atoms with E-state index < -0.39 is 5.97 Å². The fraction of sp³-hybridized carbons (Fsp3) is 0.214. The Morgan fingerprint density at radius 2 is 1.72 bits per heavy atom. The minimum atomic E-state index is -0.768. The second kappa shape index (κ2) is 4.22. The van der Waals surface area contributed by atoms with E-state index in [0.29, 0.717) is 6.42 Å². The molecule has 92 valence electrons. The van der Waals surface area contributed by atoms with Crippen molar-refractivity contribution in [2.45, 2.75) is 19.0 Å². The van der Waals surface area contributed by atoms with Gasteiger partial charge in [-0.1, -0.05) is 24.3 Å². The lowest BCUT2D eigenvalue weighted by atomic mass is 10.0. The average Bonchev–Trinajstić information content (AvgIpc) is 2.37. The van der Waals surface area contributed by atoms with Gasteiger partial charge < -0.3 is 15.7 Å². The van der Waals surface area contributed by atoms with Crippen molar-refractivity contribution in [3.05, 3.63) is 36.4 Å². The molecule has 1 aliphatic rings. The van der Waals surface area contributed by atoms with Gasteiger partial charge in [-0.05, 0) is 23.9 Å². The van der Waals surface area contributed by atoms with E-state index in [1.165, 1.54) is 10.8 Å². The van der Waals surface area contributed by atoms with Crippen molar-refractivity contribution in [3.8, 4) is 0 Å². The summed E-state index contributed by atoms with van der Waals surface area (Å²) in [5.41, 5.74) is 2.13. The van der Waals surface area contributed by atoms with Crippen LogP contribution in [0.3, 0.4) is 0 Å². The van der Waals surface area contributed by atoms with Crippen molar-refractivity contribution in [3.63, 3.8) is 0 Å². The number of carbonyl (C=O) groups is 1. The van der Waals surface area contributed by atoms with Crippen LogP contribution in [0.5, 0.6) is 0 Å². The van der Waals surface area contributed by atoms with Crippen molar-refractivity contribution < 1.29 is 9.90 Å². The molecule has 0 aliphatic carbocycles. The molecule has 0 unspecified atom stereocenters. The van der Waals surface area contributed by atoms with Crippen molar-refractivity contribution in [2.75, 3.05) is 10.6 Å². The van der Waals surface area contributed by atoms with Crippen molar-refractivity contribution >= 4 is 28.1 Å². The highest BCUT2D eigenvalue weighted by Gasteiger charge is 2.18. The molecule has 0 atom stereocenters. The molecule has 4 heteroatoms. The van der Waals surface area contributed by atoms with Crippen LogP contribution >= 0.6 is 0 Å². The number of aliphatic carboxylic acids is 1. The number of benzene rings is 2. The summed E-state index contributed by atoms with van der Waals surface area (Å²) >= 11 is 0. The summed E-state index contributed by atoms with van der Waals surface area (Å²) in [7, 11) is 0. The van der Waals surface area contributed by atoms with E-state index in [0.717, 1.165) is 11.4 Å². The zero-order valence-corrected chi connectivity index (χ0v) is 9.81. The Balaban J connectivity index is 1.93. The SMILES string of the molecule is O=C(O)CCC1Nc2cccc3cccc(c23)N1. The Hall–Kier alpha value is -2.23. The van der Waals surface area contributed by atoms with Gasteiger partial charge in [0, 0.05) is 23.2 Å². The van der Waals surface area contributed by atoms with Gasteiger partial charge in [0.1, 0.15) is 0 Å².